The minimum absolute atomic E-state index is 0.249. The number of nitrogens with two attached hydrogens (primary N) is 1. The lowest BCUT2D eigenvalue weighted by atomic mass is 10.3. The van der Waals surface area contributed by atoms with Crippen molar-refractivity contribution in [2.24, 2.45) is 5.73 Å². The number of nitrogens with one attached hydrogen (secondary N) is 2. The molecule has 0 saturated carbocycles. The van der Waals surface area contributed by atoms with E-state index < -0.39 is 11.9 Å². The Morgan fingerprint density at radius 1 is 1.73 bits per heavy atom. The first-order valence-corrected chi connectivity index (χ1v) is 4.69. The van der Waals surface area contributed by atoms with Crippen LogP contribution in [0.15, 0.2) is 10.9 Å². The predicted octanol–water partition coefficient (Wildman–Crippen LogP) is -0.382. The maximum atomic E-state index is 11.2. The molecule has 1 rings (SSSR count). The van der Waals surface area contributed by atoms with Gasteiger partial charge in [0.15, 0.2) is 0 Å². The third kappa shape index (κ3) is 3.08. The third-order valence-electron chi connectivity index (χ3n) is 1.92. The highest BCUT2D eigenvalue weighted by Crippen LogP contribution is 2.01. The summed E-state index contributed by atoms with van der Waals surface area (Å²) in [6.07, 6.45) is 0.621. The van der Waals surface area contributed by atoms with Gasteiger partial charge in [0.25, 0.3) is 5.56 Å². The van der Waals surface area contributed by atoms with E-state index in [2.05, 4.69) is 15.3 Å². The number of hydrogen-bond acceptors (Lipinski definition) is 4. The molecule has 15 heavy (non-hydrogen) atoms. The Labute approximate surface area is 86.9 Å². The largest absolute Gasteiger partial charge is 0.368 e. The number of primary amides is 1. The molecular formula is C9H14N4O2. The summed E-state index contributed by atoms with van der Waals surface area (Å²) in [5.74, 6) is 0.443. The van der Waals surface area contributed by atoms with Crippen LogP contribution in [0.1, 0.15) is 19.7 Å². The van der Waals surface area contributed by atoms with Crippen LogP contribution >= 0.6 is 0 Å². The van der Waals surface area contributed by atoms with Gasteiger partial charge in [0, 0.05) is 12.5 Å². The molecule has 1 aromatic rings. The lowest BCUT2D eigenvalue weighted by Gasteiger charge is -2.10. The number of aryl methyl sites for hydroxylation is 1. The Kier molecular flexibility index (Phi) is 3.43. The molecule has 82 valence electrons. The summed E-state index contributed by atoms with van der Waals surface area (Å²) in [6.45, 7) is 3.48. The van der Waals surface area contributed by atoms with E-state index in [9.17, 15) is 9.59 Å². The standard InChI is InChI=1S/C9H14N4O2/c1-3-6-12-7(4-8(14)13-6)11-5(2)9(10)15/h4-5H,3H2,1-2H3,(H2,10,15)(H2,11,12,13,14). The van der Waals surface area contributed by atoms with Crippen molar-refractivity contribution in [2.45, 2.75) is 26.3 Å². The lowest BCUT2D eigenvalue weighted by molar-refractivity contribution is -0.118. The fraction of sp³-hybridized carbons (Fsp3) is 0.444. The van der Waals surface area contributed by atoms with Crippen molar-refractivity contribution < 1.29 is 4.79 Å². The van der Waals surface area contributed by atoms with Crippen molar-refractivity contribution in [1.29, 1.82) is 0 Å². The second-order valence-corrected chi connectivity index (χ2v) is 3.20. The monoisotopic (exact) mass is 210 g/mol. The van der Waals surface area contributed by atoms with Crippen molar-refractivity contribution in [3.8, 4) is 0 Å². The molecule has 0 aliphatic rings. The minimum Gasteiger partial charge on any atom is -0.368 e. The number of aromatic amines is 1. The Hall–Kier alpha value is -1.85. The van der Waals surface area contributed by atoms with Crippen molar-refractivity contribution in [3.05, 3.63) is 22.2 Å². The van der Waals surface area contributed by atoms with Crippen LogP contribution in [0.25, 0.3) is 0 Å². The molecule has 0 bridgehead atoms. The number of carbonyl (C=O) groups is 1. The van der Waals surface area contributed by atoms with E-state index in [0.717, 1.165) is 0 Å². The van der Waals surface area contributed by atoms with Gasteiger partial charge in [-0.2, -0.15) is 0 Å². The van der Waals surface area contributed by atoms with Gasteiger partial charge >= 0.3 is 0 Å². The molecule has 0 aliphatic carbocycles. The van der Waals surface area contributed by atoms with E-state index in [1.54, 1.807) is 6.92 Å². The molecule has 0 fully saturated rings. The van der Waals surface area contributed by atoms with Crippen LogP contribution in [0.3, 0.4) is 0 Å². The smallest absolute Gasteiger partial charge is 0.252 e. The molecule has 1 aromatic heterocycles. The molecule has 0 aliphatic heterocycles. The first kappa shape index (κ1) is 11.2. The van der Waals surface area contributed by atoms with Crippen molar-refractivity contribution in [1.82, 2.24) is 9.97 Å². The molecule has 1 heterocycles. The third-order valence-corrected chi connectivity index (χ3v) is 1.92. The first-order valence-electron chi connectivity index (χ1n) is 4.69. The minimum atomic E-state index is -0.552. The summed E-state index contributed by atoms with van der Waals surface area (Å²) in [4.78, 5) is 28.6. The number of hydrogen-bond donors (Lipinski definition) is 3. The molecule has 1 amide bonds. The van der Waals surface area contributed by atoms with Crippen LogP contribution in [0.4, 0.5) is 5.82 Å². The summed E-state index contributed by atoms with van der Waals surface area (Å²) in [7, 11) is 0. The van der Waals surface area contributed by atoms with Gasteiger partial charge in [0.05, 0.1) is 0 Å². The summed E-state index contributed by atoms with van der Waals surface area (Å²) in [5, 5.41) is 2.75. The van der Waals surface area contributed by atoms with Gasteiger partial charge in [-0.05, 0) is 6.92 Å². The molecule has 0 spiro atoms. The van der Waals surface area contributed by atoms with E-state index in [1.807, 2.05) is 6.92 Å². The summed E-state index contributed by atoms with van der Waals surface area (Å²) >= 11 is 0. The Morgan fingerprint density at radius 2 is 2.40 bits per heavy atom. The van der Waals surface area contributed by atoms with Gasteiger partial charge in [0.1, 0.15) is 17.7 Å². The quantitative estimate of drug-likeness (QED) is 0.630. The van der Waals surface area contributed by atoms with Crippen molar-refractivity contribution in [2.75, 3.05) is 5.32 Å². The fourth-order valence-electron chi connectivity index (χ4n) is 1.04. The Bertz CT molecular complexity index is 413. The highest BCUT2D eigenvalue weighted by atomic mass is 16.1. The highest BCUT2D eigenvalue weighted by molar-refractivity contribution is 5.82. The van der Waals surface area contributed by atoms with Crippen LogP contribution in [-0.2, 0) is 11.2 Å². The average molecular weight is 210 g/mol. The Morgan fingerprint density at radius 3 is 2.93 bits per heavy atom. The molecule has 4 N–H and O–H groups in total. The number of carbonyl (C=O) groups excluding carboxylic acids is 1. The van der Waals surface area contributed by atoms with E-state index in [4.69, 9.17) is 5.73 Å². The predicted molar refractivity (Wildman–Crippen MR) is 56.5 cm³/mol. The lowest BCUT2D eigenvalue weighted by Crippen LogP contribution is -2.33. The number of amides is 1. The summed E-state index contributed by atoms with van der Waals surface area (Å²) in [5.41, 5.74) is 4.83. The SMILES string of the molecule is CCc1nc(NC(C)C(N)=O)cc(=O)[nH]1. The molecular weight excluding hydrogens is 196 g/mol. The second-order valence-electron chi connectivity index (χ2n) is 3.20. The van der Waals surface area contributed by atoms with Crippen molar-refractivity contribution in [3.63, 3.8) is 0 Å². The van der Waals surface area contributed by atoms with Gasteiger partial charge in [-0.15, -0.1) is 0 Å². The van der Waals surface area contributed by atoms with Gasteiger partial charge < -0.3 is 16.0 Å². The summed E-state index contributed by atoms with van der Waals surface area (Å²) in [6, 6.07) is 0.738. The molecule has 0 radical (unpaired) electrons. The fourth-order valence-corrected chi connectivity index (χ4v) is 1.04. The van der Waals surface area contributed by atoms with Crippen LogP contribution in [-0.4, -0.2) is 21.9 Å². The zero-order chi connectivity index (χ0) is 11.4. The zero-order valence-electron chi connectivity index (χ0n) is 8.70. The number of H-pyrrole nitrogens is 1. The topological polar surface area (TPSA) is 101 Å². The molecule has 1 unspecified atom stereocenters. The van der Waals surface area contributed by atoms with Crippen LogP contribution in [0.5, 0.6) is 0 Å². The number of rotatable bonds is 4. The van der Waals surface area contributed by atoms with E-state index in [0.29, 0.717) is 18.1 Å². The number of aromatic nitrogens is 2. The van der Waals surface area contributed by atoms with Gasteiger partial charge in [-0.3, -0.25) is 9.59 Å². The molecule has 6 heteroatoms. The van der Waals surface area contributed by atoms with Gasteiger partial charge in [0.2, 0.25) is 5.91 Å². The number of anilines is 1. The van der Waals surface area contributed by atoms with Crippen LogP contribution in [0.2, 0.25) is 0 Å². The maximum Gasteiger partial charge on any atom is 0.252 e. The highest BCUT2D eigenvalue weighted by Gasteiger charge is 2.09. The van der Waals surface area contributed by atoms with E-state index in [-0.39, 0.29) is 5.56 Å². The summed E-state index contributed by atoms with van der Waals surface area (Å²) < 4.78 is 0. The van der Waals surface area contributed by atoms with E-state index in [1.165, 1.54) is 6.07 Å². The van der Waals surface area contributed by atoms with E-state index >= 15 is 0 Å². The van der Waals surface area contributed by atoms with Crippen LogP contribution < -0.4 is 16.6 Å². The van der Waals surface area contributed by atoms with Crippen LogP contribution in [0, 0.1) is 0 Å². The molecule has 1 atom stereocenters. The van der Waals surface area contributed by atoms with Gasteiger partial charge in [-0.1, -0.05) is 6.92 Å². The average Bonchev–Trinajstić information content (AvgIpc) is 2.16. The van der Waals surface area contributed by atoms with Crippen molar-refractivity contribution >= 4 is 11.7 Å². The normalized spacial score (nSPS) is 12.1. The number of nitrogens with zero attached hydrogens (tertiary/aromatic N) is 1. The zero-order valence-corrected chi connectivity index (χ0v) is 8.70. The van der Waals surface area contributed by atoms with Gasteiger partial charge in [-0.25, -0.2) is 4.98 Å². The first-order chi connectivity index (χ1) is 7.02. The Balaban J connectivity index is 2.90. The molecule has 6 nitrogen and oxygen atoms in total. The molecule has 0 aromatic carbocycles. The second kappa shape index (κ2) is 4.59. The maximum absolute atomic E-state index is 11.2. The molecule has 0 saturated heterocycles.